The van der Waals surface area contributed by atoms with Crippen molar-refractivity contribution in [2.45, 2.75) is 13.0 Å². The second-order valence-electron chi connectivity index (χ2n) is 6.48. The fourth-order valence-electron chi connectivity index (χ4n) is 3.25. The lowest BCUT2D eigenvalue weighted by molar-refractivity contribution is -0.113. The van der Waals surface area contributed by atoms with Crippen LogP contribution in [-0.4, -0.2) is 32.3 Å². The van der Waals surface area contributed by atoms with Crippen LogP contribution >= 0.6 is 28.1 Å². The maximum atomic E-state index is 13.3. The van der Waals surface area contributed by atoms with Gasteiger partial charge in [-0.2, -0.15) is 0 Å². The highest BCUT2D eigenvalue weighted by molar-refractivity contribution is 9.10. The summed E-state index contributed by atoms with van der Waals surface area (Å²) in [5.74, 6) is 1.46. The molecule has 2 aromatic rings. The first-order chi connectivity index (χ1) is 14.4. The third-order valence-electron chi connectivity index (χ3n) is 4.67. The van der Waals surface area contributed by atoms with Gasteiger partial charge in [-0.25, -0.2) is 0 Å². The number of methoxy groups -OCH3 is 3. The van der Waals surface area contributed by atoms with E-state index in [9.17, 15) is 4.79 Å². The Morgan fingerprint density at radius 3 is 2.47 bits per heavy atom. The van der Waals surface area contributed by atoms with Gasteiger partial charge >= 0.3 is 0 Å². The van der Waals surface area contributed by atoms with Gasteiger partial charge in [-0.15, -0.1) is 0 Å². The molecular formula is C21H22BrN3O4S. The summed E-state index contributed by atoms with van der Waals surface area (Å²) in [4.78, 5) is 13.3. The van der Waals surface area contributed by atoms with Gasteiger partial charge in [0.05, 0.1) is 38.6 Å². The standard InChI is InChI=1S/C21H22BrN3O4S/c1-11-18(20(26)24-15-7-6-13(27-2)10-17(15)29-4)19(25-21(30)23-11)14-9-12(22)5-8-16(14)28-3/h5-10,19H,1-4H3,(H,24,26)(H2,23,25,30)/t19-/m1/s1. The Morgan fingerprint density at radius 1 is 1.07 bits per heavy atom. The number of anilines is 1. The molecule has 0 saturated carbocycles. The highest BCUT2D eigenvalue weighted by atomic mass is 79.9. The number of carbonyl (C=O) groups excluding carboxylic acids is 1. The van der Waals surface area contributed by atoms with E-state index in [1.54, 1.807) is 32.4 Å². The van der Waals surface area contributed by atoms with Crippen LogP contribution in [0.1, 0.15) is 18.5 Å². The van der Waals surface area contributed by atoms with E-state index >= 15 is 0 Å². The fraction of sp³-hybridized carbons (Fsp3) is 0.238. The second-order valence-corrected chi connectivity index (χ2v) is 7.80. The number of ether oxygens (including phenoxy) is 3. The first kappa shape index (κ1) is 21.9. The number of nitrogens with one attached hydrogen (secondary N) is 3. The van der Waals surface area contributed by atoms with Gasteiger partial charge in [-0.05, 0) is 49.5 Å². The quantitative estimate of drug-likeness (QED) is 0.528. The molecule has 3 rings (SSSR count). The molecule has 0 spiro atoms. The second kappa shape index (κ2) is 9.36. The van der Waals surface area contributed by atoms with Gasteiger partial charge in [0.15, 0.2) is 5.11 Å². The topological polar surface area (TPSA) is 80.9 Å². The van der Waals surface area contributed by atoms with Crippen molar-refractivity contribution in [2.24, 2.45) is 0 Å². The Morgan fingerprint density at radius 2 is 1.80 bits per heavy atom. The molecule has 0 unspecified atom stereocenters. The van der Waals surface area contributed by atoms with Gasteiger partial charge in [0.2, 0.25) is 0 Å². The molecule has 158 valence electrons. The average Bonchev–Trinajstić information content (AvgIpc) is 2.73. The fourth-order valence-corrected chi connectivity index (χ4v) is 3.90. The lowest BCUT2D eigenvalue weighted by Gasteiger charge is -2.31. The summed E-state index contributed by atoms with van der Waals surface area (Å²) in [5, 5.41) is 9.56. The number of hydrogen-bond donors (Lipinski definition) is 3. The van der Waals surface area contributed by atoms with Crippen molar-refractivity contribution in [2.75, 3.05) is 26.6 Å². The highest BCUT2D eigenvalue weighted by Crippen LogP contribution is 2.36. The predicted octanol–water partition coefficient (Wildman–Crippen LogP) is 3.91. The molecule has 3 N–H and O–H groups in total. The van der Waals surface area contributed by atoms with Crippen LogP contribution in [0.25, 0.3) is 0 Å². The summed E-state index contributed by atoms with van der Waals surface area (Å²) in [6, 6.07) is 10.3. The van der Waals surface area contributed by atoms with Crippen LogP contribution in [0.5, 0.6) is 17.2 Å². The molecule has 1 amide bonds. The molecule has 0 bridgehead atoms. The van der Waals surface area contributed by atoms with Crippen molar-refractivity contribution in [1.29, 1.82) is 0 Å². The van der Waals surface area contributed by atoms with Crippen molar-refractivity contribution in [3.8, 4) is 17.2 Å². The predicted molar refractivity (Wildman–Crippen MR) is 123 cm³/mol. The van der Waals surface area contributed by atoms with Gasteiger partial charge < -0.3 is 30.2 Å². The molecule has 1 heterocycles. The average molecular weight is 492 g/mol. The van der Waals surface area contributed by atoms with E-state index in [1.165, 1.54) is 7.11 Å². The van der Waals surface area contributed by atoms with E-state index in [2.05, 4.69) is 31.9 Å². The van der Waals surface area contributed by atoms with Crippen molar-refractivity contribution in [3.05, 3.63) is 57.7 Å². The van der Waals surface area contributed by atoms with Gasteiger partial charge in [-0.3, -0.25) is 4.79 Å². The van der Waals surface area contributed by atoms with Crippen molar-refractivity contribution in [1.82, 2.24) is 10.6 Å². The SMILES string of the molecule is COc1ccc(NC(=O)C2=C(C)NC(=S)N[C@@H]2c2cc(Br)ccc2OC)c(OC)c1. The Kier molecular flexibility index (Phi) is 6.84. The van der Waals surface area contributed by atoms with Crippen LogP contribution in [0.2, 0.25) is 0 Å². The zero-order valence-corrected chi connectivity index (χ0v) is 19.4. The molecule has 1 aliphatic heterocycles. The number of amides is 1. The third-order valence-corrected chi connectivity index (χ3v) is 5.39. The summed E-state index contributed by atoms with van der Waals surface area (Å²) in [6.07, 6.45) is 0. The zero-order valence-electron chi connectivity index (χ0n) is 17.0. The zero-order chi connectivity index (χ0) is 21.8. The monoisotopic (exact) mass is 491 g/mol. The Hall–Kier alpha value is -2.78. The van der Waals surface area contributed by atoms with Crippen LogP contribution in [0.4, 0.5) is 5.69 Å². The van der Waals surface area contributed by atoms with Crippen LogP contribution in [0.3, 0.4) is 0 Å². The lowest BCUT2D eigenvalue weighted by Crippen LogP contribution is -2.45. The highest BCUT2D eigenvalue weighted by Gasteiger charge is 2.32. The minimum atomic E-state index is -0.504. The summed E-state index contributed by atoms with van der Waals surface area (Å²) < 4.78 is 17.0. The summed E-state index contributed by atoms with van der Waals surface area (Å²) in [6.45, 7) is 1.81. The molecule has 0 aliphatic carbocycles. The Balaban J connectivity index is 2.01. The van der Waals surface area contributed by atoms with Crippen molar-refractivity contribution in [3.63, 3.8) is 0 Å². The van der Waals surface area contributed by atoms with E-state index in [-0.39, 0.29) is 5.91 Å². The first-order valence-electron chi connectivity index (χ1n) is 9.03. The number of carbonyl (C=O) groups is 1. The number of allylic oxidation sites excluding steroid dienone is 1. The lowest BCUT2D eigenvalue weighted by atomic mass is 9.94. The first-order valence-corrected chi connectivity index (χ1v) is 10.2. The van der Waals surface area contributed by atoms with Gasteiger partial charge in [-0.1, -0.05) is 15.9 Å². The number of hydrogen-bond acceptors (Lipinski definition) is 5. The van der Waals surface area contributed by atoms with E-state index in [0.717, 1.165) is 10.0 Å². The smallest absolute Gasteiger partial charge is 0.255 e. The van der Waals surface area contributed by atoms with E-state index in [0.29, 0.717) is 39.3 Å². The van der Waals surface area contributed by atoms with Crippen molar-refractivity contribution < 1.29 is 19.0 Å². The minimum absolute atomic E-state index is 0.300. The van der Waals surface area contributed by atoms with Crippen molar-refractivity contribution >= 4 is 44.9 Å². The molecule has 1 atom stereocenters. The molecule has 2 aromatic carbocycles. The van der Waals surface area contributed by atoms with Gasteiger partial charge in [0, 0.05) is 21.8 Å². The molecular weight excluding hydrogens is 470 g/mol. The summed E-state index contributed by atoms with van der Waals surface area (Å²) in [5.41, 5.74) is 2.44. The molecule has 1 aliphatic rings. The maximum absolute atomic E-state index is 13.3. The van der Waals surface area contributed by atoms with E-state index < -0.39 is 6.04 Å². The van der Waals surface area contributed by atoms with Crippen LogP contribution in [0.15, 0.2) is 52.1 Å². The van der Waals surface area contributed by atoms with Crippen LogP contribution in [0, 0.1) is 0 Å². The molecule has 7 nitrogen and oxygen atoms in total. The molecule has 0 fully saturated rings. The number of halogens is 1. The van der Waals surface area contributed by atoms with E-state index in [4.69, 9.17) is 26.4 Å². The molecule has 0 radical (unpaired) electrons. The summed E-state index contributed by atoms with van der Waals surface area (Å²) in [7, 11) is 4.69. The normalized spacial score (nSPS) is 15.8. The number of benzene rings is 2. The largest absolute Gasteiger partial charge is 0.497 e. The number of thiocarbonyl (C=S) groups is 1. The molecule has 9 heteroatoms. The van der Waals surface area contributed by atoms with Gasteiger partial charge in [0.1, 0.15) is 17.2 Å². The number of rotatable bonds is 6. The van der Waals surface area contributed by atoms with E-state index in [1.807, 2.05) is 25.1 Å². The summed E-state index contributed by atoms with van der Waals surface area (Å²) >= 11 is 8.82. The molecule has 0 saturated heterocycles. The van der Waals surface area contributed by atoms with Crippen LogP contribution in [-0.2, 0) is 4.79 Å². The maximum Gasteiger partial charge on any atom is 0.255 e. The molecule has 0 aromatic heterocycles. The minimum Gasteiger partial charge on any atom is -0.497 e. The third kappa shape index (κ3) is 4.52. The van der Waals surface area contributed by atoms with Gasteiger partial charge in [0.25, 0.3) is 5.91 Å². The Bertz CT molecular complexity index is 1030. The van der Waals surface area contributed by atoms with Crippen LogP contribution < -0.4 is 30.2 Å². The molecule has 30 heavy (non-hydrogen) atoms. The Labute approximate surface area is 188 Å².